The Kier molecular flexibility index (Phi) is 6.74. The molecule has 0 spiro atoms. The van der Waals surface area contributed by atoms with Crippen molar-refractivity contribution >= 4 is 34.9 Å². The number of benzene rings is 2. The summed E-state index contributed by atoms with van der Waals surface area (Å²) >= 11 is 5.84. The van der Waals surface area contributed by atoms with Crippen LogP contribution in [0.25, 0.3) is 0 Å². The first-order chi connectivity index (χ1) is 12.4. The van der Waals surface area contributed by atoms with Gasteiger partial charge in [-0.05, 0) is 30.3 Å². The Balaban J connectivity index is 1.97. The van der Waals surface area contributed by atoms with Gasteiger partial charge in [-0.2, -0.15) is 8.78 Å². The van der Waals surface area contributed by atoms with Crippen molar-refractivity contribution in [3.05, 3.63) is 53.1 Å². The number of hydrogen-bond acceptors (Lipinski definition) is 5. The molecule has 138 valence electrons. The van der Waals surface area contributed by atoms with Gasteiger partial charge in [-0.25, -0.2) is 4.79 Å². The zero-order valence-electron chi connectivity index (χ0n) is 13.6. The quantitative estimate of drug-likeness (QED) is 0.710. The summed E-state index contributed by atoms with van der Waals surface area (Å²) in [5.41, 5.74) is 0.970. The molecule has 0 aliphatic rings. The van der Waals surface area contributed by atoms with E-state index < -0.39 is 18.5 Å². The van der Waals surface area contributed by atoms with Gasteiger partial charge in [-0.1, -0.05) is 23.7 Å². The third-order valence-electron chi connectivity index (χ3n) is 3.21. The van der Waals surface area contributed by atoms with Crippen LogP contribution < -0.4 is 15.4 Å². The van der Waals surface area contributed by atoms with E-state index in [9.17, 15) is 18.4 Å². The maximum absolute atomic E-state index is 12.2. The second-order valence-corrected chi connectivity index (χ2v) is 5.37. The molecule has 0 radical (unpaired) electrons. The first-order valence-electron chi connectivity index (χ1n) is 7.36. The maximum atomic E-state index is 12.2. The van der Waals surface area contributed by atoms with Gasteiger partial charge < -0.3 is 20.1 Å². The SMILES string of the molecule is COC(=O)c1ccccc1NC(=O)CNc1ccc(OC(F)F)c(Cl)c1. The van der Waals surface area contributed by atoms with Crippen LogP contribution in [0.5, 0.6) is 5.75 Å². The lowest BCUT2D eigenvalue weighted by Gasteiger charge is -2.12. The van der Waals surface area contributed by atoms with E-state index in [0.717, 1.165) is 0 Å². The molecule has 0 saturated carbocycles. The zero-order chi connectivity index (χ0) is 19.1. The molecule has 0 aliphatic carbocycles. The predicted molar refractivity (Wildman–Crippen MR) is 93.0 cm³/mol. The van der Waals surface area contributed by atoms with Crippen LogP contribution >= 0.6 is 11.6 Å². The summed E-state index contributed by atoms with van der Waals surface area (Å²) in [6.45, 7) is -3.12. The normalized spacial score (nSPS) is 10.3. The van der Waals surface area contributed by atoms with Gasteiger partial charge in [-0.15, -0.1) is 0 Å². The molecule has 9 heteroatoms. The summed E-state index contributed by atoms with van der Waals surface area (Å²) in [5, 5.41) is 5.36. The highest BCUT2D eigenvalue weighted by molar-refractivity contribution is 6.32. The summed E-state index contributed by atoms with van der Waals surface area (Å²) < 4.78 is 33.3. The lowest BCUT2D eigenvalue weighted by molar-refractivity contribution is -0.114. The van der Waals surface area contributed by atoms with E-state index >= 15 is 0 Å². The molecule has 0 saturated heterocycles. The Morgan fingerprint density at radius 3 is 2.58 bits per heavy atom. The third kappa shape index (κ3) is 5.32. The average molecular weight is 385 g/mol. The highest BCUT2D eigenvalue weighted by Gasteiger charge is 2.13. The number of alkyl halides is 2. The Bertz CT molecular complexity index is 802. The van der Waals surface area contributed by atoms with E-state index in [0.29, 0.717) is 11.4 Å². The minimum atomic E-state index is -2.98. The zero-order valence-corrected chi connectivity index (χ0v) is 14.3. The Hall–Kier alpha value is -2.87. The fourth-order valence-electron chi connectivity index (χ4n) is 2.06. The van der Waals surface area contributed by atoms with Crippen LogP contribution in [0.1, 0.15) is 10.4 Å². The molecule has 0 unspecified atom stereocenters. The van der Waals surface area contributed by atoms with E-state index in [1.54, 1.807) is 18.2 Å². The molecule has 0 atom stereocenters. The first kappa shape index (κ1) is 19.5. The minimum Gasteiger partial charge on any atom is -0.465 e. The molecule has 0 aliphatic heterocycles. The molecule has 0 aromatic heterocycles. The molecule has 0 heterocycles. The molecule has 2 aromatic carbocycles. The average Bonchev–Trinajstić information content (AvgIpc) is 2.61. The van der Waals surface area contributed by atoms with Crippen LogP contribution in [0.3, 0.4) is 0 Å². The lowest BCUT2D eigenvalue weighted by Crippen LogP contribution is -2.23. The molecular weight excluding hydrogens is 370 g/mol. The monoisotopic (exact) mass is 384 g/mol. The van der Waals surface area contributed by atoms with Crippen molar-refractivity contribution < 1.29 is 27.8 Å². The summed E-state index contributed by atoms with van der Waals surface area (Å²) in [7, 11) is 1.24. The smallest absolute Gasteiger partial charge is 0.387 e. The van der Waals surface area contributed by atoms with Crippen molar-refractivity contribution in [1.82, 2.24) is 0 Å². The van der Waals surface area contributed by atoms with Crippen molar-refractivity contribution in [1.29, 1.82) is 0 Å². The number of anilines is 2. The van der Waals surface area contributed by atoms with Crippen LogP contribution in [0.4, 0.5) is 20.2 Å². The molecule has 0 fully saturated rings. The summed E-state index contributed by atoms with van der Waals surface area (Å²) in [5.74, 6) is -1.16. The topological polar surface area (TPSA) is 76.7 Å². The van der Waals surface area contributed by atoms with Crippen molar-refractivity contribution in [2.45, 2.75) is 6.61 Å². The second kappa shape index (κ2) is 9.00. The Morgan fingerprint density at radius 1 is 1.19 bits per heavy atom. The Morgan fingerprint density at radius 2 is 1.92 bits per heavy atom. The number of esters is 1. The molecule has 6 nitrogen and oxygen atoms in total. The largest absolute Gasteiger partial charge is 0.465 e. The number of hydrogen-bond donors (Lipinski definition) is 2. The van der Waals surface area contributed by atoms with Crippen molar-refractivity contribution in [3.8, 4) is 5.75 Å². The van der Waals surface area contributed by atoms with Crippen LogP contribution in [-0.2, 0) is 9.53 Å². The number of methoxy groups -OCH3 is 1. The van der Waals surface area contributed by atoms with Crippen molar-refractivity contribution in [3.63, 3.8) is 0 Å². The van der Waals surface area contributed by atoms with Crippen LogP contribution in [-0.4, -0.2) is 32.1 Å². The number of carbonyl (C=O) groups is 2. The third-order valence-corrected chi connectivity index (χ3v) is 3.50. The Labute approximate surface area is 153 Å². The fraction of sp³-hybridized carbons (Fsp3) is 0.176. The number of amides is 1. The van der Waals surface area contributed by atoms with Gasteiger partial charge in [0.25, 0.3) is 0 Å². The van der Waals surface area contributed by atoms with Gasteiger partial charge in [0.15, 0.2) is 0 Å². The number of ether oxygens (including phenoxy) is 2. The highest BCUT2D eigenvalue weighted by atomic mass is 35.5. The van der Waals surface area contributed by atoms with Crippen LogP contribution in [0, 0.1) is 0 Å². The predicted octanol–water partition coefficient (Wildman–Crippen LogP) is 3.78. The number of para-hydroxylation sites is 1. The van der Waals surface area contributed by atoms with Gasteiger partial charge >= 0.3 is 12.6 Å². The van der Waals surface area contributed by atoms with E-state index in [-0.39, 0.29) is 22.9 Å². The van der Waals surface area contributed by atoms with Gasteiger partial charge in [0.1, 0.15) is 5.75 Å². The van der Waals surface area contributed by atoms with E-state index in [1.807, 2.05) is 0 Å². The number of carbonyl (C=O) groups excluding carboxylic acids is 2. The van der Waals surface area contributed by atoms with Crippen LogP contribution in [0.2, 0.25) is 5.02 Å². The van der Waals surface area contributed by atoms with Crippen LogP contribution in [0.15, 0.2) is 42.5 Å². The summed E-state index contributed by atoms with van der Waals surface area (Å²) in [6.07, 6.45) is 0. The molecular formula is C17H15ClF2N2O4. The van der Waals surface area contributed by atoms with Gasteiger partial charge in [0, 0.05) is 5.69 Å². The standard InChI is InChI=1S/C17H15ClF2N2O4/c1-25-16(24)11-4-2-3-5-13(11)22-15(23)9-21-10-6-7-14(12(18)8-10)26-17(19)20/h2-8,17,21H,9H2,1H3,(H,22,23). The number of nitrogens with one attached hydrogen (secondary N) is 2. The summed E-state index contributed by atoms with van der Waals surface area (Å²) in [6, 6.07) is 10.5. The minimum absolute atomic E-state index is 0.0215. The van der Waals surface area contributed by atoms with Crippen molar-refractivity contribution in [2.24, 2.45) is 0 Å². The fourth-order valence-corrected chi connectivity index (χ4v) is 2.28. The second-order valence-electron chi connectivity index (χ2n) is 4.96. The molecule has 2 rings (SSSR count). The number of halogens is 3. The van der Waals surface area contributed by atoms with Gasteiger partial charge in [0.05, 0.1) is 29.9 Å². The number of rotatable bonds is 7. The maximum Gasteiger partial charge on any atom is 0.387 e. The van der Waals surface area contributed by atoms with Crippen molar-refractivity contribution in [2.75, 3.05) is 24.3 Å². The summed E-state index contributed by atoms with van der Waals surface area (Å²) in [4.78, 5) is 23.7. The van der Waals surface area contributed by atoms with E-state index in [1.165, 1.54) is 31.4 Å². The van der Waals surface area contributed by atoms with E-state index in [2.05, 4.69) is 20.1 Å². The molecule has 2 N–H and O–H groups in total. The van der Waals surface area contributed by atoms with Gasteiger partial charge in [0.2, 0.25) is 5.91 Å². The molecule has 26 heavy (non-hydrogen) atoms. The first-order valence-corrected chi connectivity index (χ1v) is 7.74. The molecule has 0 bridgehead atoms. The molecule has 1 amide bonds. The van der Waals surface area contributed by atoms with E-state index in [4.69, 9.17) is 11.6 Å². The lowest BCUT2D eigenvalue weighted by atomic mass is 10.2. The van der Waals surface area contributed by atoms with Gasteiger partial charge in [-0.3, -0.25) is 4.79 Å². The highest BCUT2D eigenvalue weighted by Crippen LogP contribution is 2.28. The molecule has 2 aromatic rings.